The van der Waals surface area contributed by atoms with E-state index in [-0.39, 0.29) is 0 Å². The van der Waals surface area contributed by atoms with Crippen molar-refractivity contribution in [3.05, 3.63) is 0 Å². The summed E-state index contributed by atoms with van der Waals surface area (Å²) in [5, 5.41) is 7.24. The van der Waals surface area contributed by atoms with Gasteiger partial charge in [0.1, 0.15) is 0 Å². The Morgan fingerprint density at radius 2 is 2.12 bits per heavy atom. The van der Waals surface area contributed by atoms with E-state index >= 15 is 0 Å². The molecule has 100 valence electrons. The average molecular weight is 240 g/mol. The van der Waals surface area contributed by atoms with Crippen LogP contribution in [0.25, 0.3) is 0 Å². The van der Waals surface area contributed by atoms with Crippen LogP contribution in [0.5, 0.6) is 0 Å². The first-order valence-electron chi connectivity index (χ1n) is 7.09. The number of methoxy groups -OCH3 is 1. The van der Waals surface area contributed by atoms with Crippen LogP contribution in [0, 0.1) is 11.3 Å². The SMILES string of the molecule is COC1CC(NCC(C)(C)C2CCCNC2)C1. The van der Waals surface area contributed by atoms with E-state index < -0.39 is 0 Å². The zero-order chi connectivity index (χ0) is 12.3. The molecule has 0 aromatic carbocycles. The molecular formula is C14H28N2O. The molecule has 2 rings (SSSR count). The molecule has 0 aromatic rings. The first-order valence-corrected chi connectivity index (χ1v) is 7.09. The molecule has 0 bridgehead atoms. The van der Waals surface area contributed by atoms with Crippen molar-refractivity contribution < 1.29 is 4.74 Å². The van der Waals surface area contributed by atoms with Crippen LogP contribution in [0.2, 0.25) is 0 Å². The van der Waals surface area contributed by atoms with Crippen molar-refractivity contribution in [3.63, 3.8) is 0 Å². The molecule has 2 fully saturated rings. The fourth-order valence-corrected chi connectivity index (χ4v) is 3.00. The number of piperidine rings is 1. The standard InChI is InChI=1S/C14H28N2O/c1-14(2,11-5-4-6-15-9-11)10-16-12-7-13(8-12)17-3/h11-13,15-16H,4-10H2,1-3H3. The molecule has 3 heteroatoms. The molecule has 0 aromatic heterocycles. The van der Waals surface area contributed by atoms with Crippen LogP contribution in [-0.4, -0.2) is 38.9 Å². The third-order valence-electron chi connectivity index (χ3n) is 4.68. The lowest BCUT2D eigenvalue weighted by Gasteiger charge is -2.41. The van der Waals surface area contributed by atoms with Gasteiger partial charge in [-0.3, -0.25) is 0 Å². The first kappa shape index (κ1) is 13.3. The molecule has 1 aliphatic carbocycles. The van der Waals surface area contributed by atoms with Crippen molar-refractivity contribution in [2.75, 3.05) is 26.7 Å². The van der Waals surface area contributed by atoms with Crippen molar-refractivity contribution in [2.45, 2.75) is 51.7 Å². The van der Waals surface area contributed by atoms with Gasteiger partial charge in [-0.2, -0.15) is 0 Å². The summed E-state index contributed by atoms with van der Waals surface area (Å²) in [4.78, 5) is 0. The van der Waals surface area contributed by atoms with Crippen LogP contribution < -0.4 is 10.6 Å². The van der Waals surface area contributed by atoms with Gasteiger partial charge in [-0.25, -0.2) is 0 Å². The lowest BCUT2D eigenvalue weighted by molar-refractivity contribution is 0.0125. The van der Waals surface area contributed by atoms with E-state index in [1.165, 1.54) is 38.8 Å². The molecule has 1 atom stereocenters. The van der Waals surface area contributed by atoms with E-state index in [9.17, 15) is 0 Å². The van der Waals surface area contributed by atoms with E-state index in [1.807, 2.05) is 7.11 Å². The van der Waals surface area contributed by atoms with Crippen molar-refractivity contribution in [1.29, 1.82) is 0 Å². The lowest BCUT2D eigenvalue weighted by atomic mass is 9.74. The highest BCUT2D eigenvalue weighted by atomic mass is 16.5. The highest BCUT2D eigenvalue weighted by Crippen LogP contribution is 2.32. The molecule has 1 heterocycles. The van der Waals surface area contributed by atoms with Gasteiger partial charge in [0.15, 0.2) is 0 Å². The van der Waals surface area contributed by atoms with Crippen LogP contribution in [0.4, 0.5) is 0 Å². The number of rotatable bonds is 5. The summed E-state index contributed by atoms with van der Waals surface area (Å²) in [5.41, 5.74) is 0.408. The Balaban J connectivity index is 1.69. The Morgan fingerprint density at radius 3 is 2.71 bits per heavy atom. The molecule has 3 nitrogen and oxygen atoms in total. The van der Waals surface area contributed by atoms with Gasteiger partial charge in [-0.15, -0.1) is 0 Å². The third-order valence-corrected chi connectivity index (χ3v) is 4.68. The Labute approximate surface area is 106 Å². The van der Waals surface area contributed by atoms with Gasteiger partial charge < -0.3 is 15.4 Å². The predicted molar refractivity (Wildman–Crippen MR) is 71.2 cm³/mol. The third kappa shape index (κ3) is 3.43. The maximum atomic E-state index is 5.31. The molecule has 0 amide bonds. The van der Waals surface area contributed by atoms with Crippen LogP contribution in [0.15, 0.2) is 0 Å². The molecule has 1 saturated heterocycles. The van der Waals surface area contributed by atoms with E-state index in [1.54, 1.807) is 0 Å². The second-order valence-electron chi connectivity index (χ2n) is 6.44. The quantitative estimate of drug-likeness (QED) is 0.768. The van der Waals surface area contributed by atoms with Gasteiger partial charge in [0.25, 0.3) is 0 Å². The summed E-state index contributed by atoms with van der Waals surface area (Å²) < 4.78 is 5.31. The monoisotopic (exact) mass is 240 g/mol. The maximum Gasteiger partial charge on any atom is 0.0601 e. The van der Waals surface area contributed by atoms with Crippen molar-refractivity contribution in [1.82, 2.24) is 10.6 Å². The summed E-state index contributed by atoms with van der Waals surface area (Å²) in [5.74, 6) is 0.821. The number of hydrogen-bond donors (Lipinski definition) is 2. The Bertz CT molecular complexity index is 230. The Morgan fingerprint density at radius 1 is 1.35 bits per heavy atom. The largest absolute Gasteiger partial charge is 0.381 e. The normalized spacial score (nSPS) is 34.4. The smallest absolute Gasteiger partial charge is 0.0601 e. The summed E-state index contributed by atoms with van der Waals surface area (Å²) in [6.45, 7) is 8.35. The molecule has 1 unspecified atom stereocenters. The molecule has 1 aliphatic heterocycles. The Hall–Kier alpha value is -0.120. The molecular weight excluding hydrogens is 212 g/mol. The minimum absolute atomic E-state index is 0.408. The number of hydrogen-bond acceptors (Lipinski definition) is 3. The van der Waals surface area contributed by atoms with Gasteiger partial charge in [0.05, 0.1) is 6.10 Å². The summed E-state index contributed by atoms with van der Waals surface area (Å²) in [7, 11) is 1.82. The van der Waals surface area contributed by atoms with E-state index in [0.717, 1.165) is 12.5 Å². The van der Waals surface area contributed by atoms with Crippen LogP contribution >= 0.6 is 0 Å². The second-order valence-corrected chi connectivity index (χ2v) is 6.44. The second kappa shape index (κ2) is 5.68. The fraction of sp³-hybridized carbons (Fsp3) is 1.00. The summed E-state index contributed by atoms with van der Waals surface area (Å²) in [6, 6.07) is 0.691. The average Bonchev–Trinajstić information content (AvgIpc) is 2.28. The molecule has 2 N–H and O–H groups in total. The predicted octanol–water partition coefficient (Wildman–Crippen LogP) is 1.78. The fourth-order valence-electron chi connectivity index (χ4n) is 3.00. The number of nitrogens with one attached hydrogen (secondary N) is 2. The highest BCUT2D eigenvalue weighted by molar-refractivity contribution is 4.90. The van der Waals surface area contributed by atoms with Gasteiger partial charge in [0, 0.05) is 19.7 Å². The van der Waals surface area contributed by atoms with Crippen LogP contribution in [-0.2, 0) is 4.74 Å². The molecule has 0 spiro atoms. The van der Waals surface area contributed by atoms with Crippen LogP contribution in [0.1, 0.15) is 39.5 Å². The van der Waals surface area contributed by atoms with Gasteiger partial charge in [-0.05, 0) is 50.1 Å². The van der Waals surface area contributed by atoms with E-state index in [4.69, 9.17) is 4.74 Å². The Kier molecular flexibility index (Phi) is 4.45. The van der Waals surface area contributed by atoms with Crippen LogP contribution in [0.3, 0.4) is 0 Å². The minimum Gasteiger partial charge on any atom is -0.381 e. The van der Waals surface area contributed by atoms with Crippen molar-refractivity contribution in [2.24, 2.45) is 11.3 Å². The molecule has 2 aliphatic rings. The van der Waals surface area contributed by atoms with Crippen molar-refractivity contribution in [3.8, 4) is 0 Å². The molecule has 17 heavy (non-hydrogen) atoms. The molecule has 1 saturated carbocycles. The first-order chi connectivity index (χ1) is 8.12. The topological polar surface area (TPSA) is 33.3 Å². The van der Waals surface area contributed by atoms with Gasteiger partial charge >= 0.3 is 0 Å². The number of ether oxygens (including phenoxy) is 1. The van der Waals surface area contributed by atoms with E-state index in [2.05, 4.69) is 24.5 Å². The minimum atomic E-state index is 0.408. The van der Waals surface area contributed by atoms with Gasteiger partial charge in [-0.1, -0.05) is 13.8 Å². The highest BCUT2D eigenvalue weighted by Gasteiger charge is 2.34. The zero-order valence-corrected chi connectivity index (χ0v) is 11.6. The van der Waals surface area contributed by atoms with Gasteiger partial charge in [0.2, 0.25) is 0 Å². The summed E-state index contributed by atoms with van der Waals surface area (Å²) >= 11 is 0. The molecule has 0 radical (unpaired) electrons. The summed E-state index contributed by atoms with van der Waals surface area (Å²) in [6.07, 6.45) is 5.60. The maximum absolute atomic E-state index is 5.31. The lowest BCUT2D eigenvalue weighted by Crippen LogP contribution is -2.50. The van der Waals surface area contributed by atoms with E-state index in [0.29, 0.717) is 17.6 Å². The zero-order valence-electron chi connectivity index (χ0n) is 11.6. The van der Waals surface area contributed by atoms with Crippen molar-refractivity contribution >= 4 is 0 Å².